The maximum atomic E-state index is 2.56. The molecule has 0 radical (unpaired) electrons. The SMILES string of the molecule is C1=Cc2c(c3cccc4c5c(-c6ccccc6)c6c7cc8ccc9ccccc9c8c8cccc(c6c(-c6ccccc6)c5cc2c34)c78)CC1. The van der Waals surface area contributed by atoms with E-state index in [1.165, 1.54) is 120 Å². The summed E-state index contributed by atoms with van der Waals surface area (Å²) in [5, 5.41) is 21.6. The Balaban J connectivity index is 1.43. The van der Waals surface area contributed by atoms with Crippen LogP contribution in [0.2, 0.25) is 0 Å². The molecule has 0 bridgehead atoms. The van der Waals surface area contributed by atoms with Crippen LogP contribution in [-0.4, -0.2) is 0 Å². The van der Waals surface area contributed by atoms with E-state index in [1.54, 1.807) is 0 Å². The van der Waals surface area contributed by atoms with Crippen molar-refractivity contribution >= 4 is 92.3 Å². The fourth-order valence-electron chi connectivity index (χ4n) is 9.85. The van der Waals surface area contributed by atoms with Crippen molar-refractivity contribution in [1.82, 2.24) is 0 Å². The molecule has 0 heteroatoms. The number of rotatable bonds is 2. The van der Waals surface area contributed by atoms with Gasteiger partial charge in [0.15, 0.2) is 0 Å². The second-order valence-electron chi connectivity index (χ2n) is 14.2. The molecule has 0 amide bonds. The normalized spacial score (nSPS) is 13.4. The van der Waals surface area contributed by atoms with Gasteiger partial charge < -0.3 is 0 Å². The van der Waals surface area contributed by atoms with Gasteiger partial charge in [-0.25, -0.2) is 0 Å². The van der Waals surface area contributed by atoms with E-state index in [9.17, 15) is 0 Å². The maximum Gasteiger partial charge on any atom is -0.000697 e. The van der Waals surface area contributed by atoms with Gasteiger partial charge in [0.2, 0.25) is 0 Å². The zero-order valence-electron chi connectivity index (χ0n) is 27.4. The number of allylic oxidation sites excluding steroid dienone is 1. The van der Waals surface area contributed by atoms with Crippen molar-refractivity contribution in [2.45, 2.75) is 12.8 Å². The molecular weight excluding hydrogens is 601 g/mol. The predicted octanol–water partition coefficient (Wildman–Crippen LogP) is 14.1. The molecule has 11 aromatic rings. The maximum absolute atomic E-state index is 2.56. The van der Waals surface area contributed by atoms with Crippen LogP contribution in [-0.2, 0) is 6.42 Å². The molecule has 1 aliphatic carbocycles. The smallest absolute Gasteiger partial charge is 0.000697 e. The van der Waals surface area contributed by atoms with Crippen molar-refractivity contribution in [3.8, 4) is 22.3 Å². The monoisotopic (exact) mass is 630 g/mol. The van der Waals surface area contributed by atoms with Gasteiger partial charge in [-0.1, -0.05) is 146 Å². The molecule has 0 fully saturated rings. The van der Waals surface area contributed by atoms with Gasteiger partial charge in [-0.05, 0) is 145 Å². The van der Waals surface area contributed by atoms with E-state index in [0.29, 0.717) is 0 Å². The Morgan fingerprint density at radius 2 is 0.940 bits per heavy atom. The van der Waals surface area contributed by atoms with Crippen LogP contribution >= 0.6 is 0 Å². The summed E-state index contributed by atoms with van der Waals surface area (Å²) in [6.07, 6.45) is 6.95. The molecule has 0 nitrogen and oxygen atoms in total. The lowest BCUT2D eigenvalue weighted by molar-refractivity contribution is 1.00. The summed E-state index contributed by atoms with van der Waals surface area (Å²) >= 11 is 0. The molecule has 11 aromatic carbocycles. The van der Waals surface area contributed by atoms with Gasteiger partial charge in [-0.15, -0.1) is 0 Å². The van der Waals surface area contributed by atoms with E-state index in [-0.39, 0.29) is 0 Å². The van der Waals surface area contributed by atoms with Gasteiger partial charge in [-0.3, -0.25) is 0 Å². The molecule has 0 spiro atoms. The molecule has 230 valence electrons. The Morgan fingerprint density at radius 1 is 0.340 bits per heavy atom. The first-order valence-corrected chi connectivity index (χ1v) is 17.8. The van der Waals surface area contributed by atoms with Crippen LogP contribution in [0.25, 0.3) is 115 Å². The summed E-state index contributed by atoms with van der Waals surface area (Å²) in [4.78, 5) is 0. The molecule has 0 saturated heterocycles. The van der Waals surface area contributed by atoms with Gasteiger partial charge in [-0.2, -0.15) is 0 Å². The first-order chi connectivity index (χ1) is 24.8. The molecule has 12 rings (SSSR count). The van der Waals surface area contributed by atoms with Crippen molar-refractivity contribution < 1.29 is 0 Å². The Kier molecular flexibility index (Phi) is 5.17. The summed E-state index contributed by atoms with van der Waals surface area (Å²) < 4.78 is 0. The largest absolute Gasteiger partial charge is 0.0836 e. The van der Waals surface area contributed by atoms with Gasteiger partial charge >= 0.3 is 0 Å². The lowest BCUT2D eigenvalue weighted by Gasteiger charge is -2.19. The molecule has 0 N–H and O–H groups in total. The first-order valence-electron chi connectivity index (χ1n) is 17.8. The van der Waals surface area contributed by atoms with Crippen LogP contribution in [0.3, 0.4) is 0 Å². The minimum atomic E-state index is 1.10. The van der Waals surface area contributed by atoms with Crippen molar-refractivity contribution in [1.29, 1.82) is 0 Å². The average Bonchev–Trinajstić information content (AvgIpc) is 3.68. The highest BCUT2D eigenvalue weighted by Crippen LogP contribution is 2.55. The lowest BCUT2D eigenvalue weighted by Crippen LogP contribution is -1.91. The summed E-state index contributed by atoms with van der Waals surface area (Å²) in [6, 6.07) is 55.0. The summed E-state index contributed by atoms with van der Waals surface area (Å²) in [5.74, 6) is 0. The summed E-state index contributed by atoms with van der Waals surface area (Å²) in [5.41, 5.74) is 8.13. The fourth-order valence-corrected chi connectivity index (χ4v) is 9.85. The minimum absolute atomic E-state index is 1.10. The summed E-state index contributed by atoms with van der Waals surface area (Å²) in [6.45, 7) is 0. The third-order valence-electron chi connectivity index (χ3n) is 11.7. The minimum Gasteiger partial charge on any atom is -0.0836 e. The van der Waals surface area contributed by atoms with Gasteiger partial charge in [0.25, 0.3) is 0 Å². The molecule has 0 heterocycles. The van der Waals surface area contributed by atoms with Crippen LogP contribution in [0, 0.1) is 0 Å². The number of fused-ring (bicyclic) bond motifs is 12. The zero-order valence-corrected chi connectivity index (χ0v) is 27.4. The van der Waals surface area contributed by atoms with Gasteiger partial charge in [0.1, 0.15) is 0 Å². The zero-order chi connectivity index (χ0) is 32.5. The second kappa shape index (κ2) is 9.68. The van der Waals surface area contributed by atoms with Gasteiger partial charge in [0, 0.05) is 0 Å². The number of hydrogen-bond donors (Lipinski definition) is 0. The predicted molar refractivity (Wildman–Crippen MR) is 217 cm³/mol. The highest BCUT2D eigenvalue weighted by Gasteiger charge is 2.27. The first kappa shape index (κ1) is 26.7. The molecule has 0 aliphatic heterocycles. The molecule has 0 atom stereocenters. The van der Waals surface area contributed by atoms with Gasteiger partial charge in [0.05, 0.1) is 0 Å². The Bertz CT molecular complexity index is 3220. The fraction of sp³-hybridized carbons (Fsp3) is 0.0400. The van der Waals surface area contributed by atoms with E-state index in [2.05, 4.69) is 158 Å². The van der Waals surface area contributed by atoms with E-state index >= 15 is 0 Å². The molecular formula is C50H30. The van der Waals surface area contributed by atoms with E-state index in [4.69, 9.17) is 0 Å². The molecule has 0 unspecified atom stereocenters. The Morgan fingerprint density at radius 3 is 1.74 bits per heavy atom. The van der Waals surface area contributed by atoms with Crippen molar-refractivity contribution in [3.05, 3.63) is 163 Å². The highest BCUT2D eigenvalue weighted by atomic mass is 14.3. The van der Waals surface area contributed by atoms with E-state index in [0.717, 1.165) is 12.8 Å². The van der Waals surface area contributed by atoms with Crippen molar-refractivity contribution in [2.24, 2.45) is 0 Å². The molecule has 0 aromatic heterocycles. The quantitative estimate of drug-likeness (QED) is 0.167. The standard InChI is InChI=1S/C50H30/c1-3-14-30(15-4-1)44-42-28-40-35-20-10-9-19-34(35)36-21-11-23-38(46(36)40)48(42)45(31-16-5-2-6-17-31)50-41-27-32-26-25-29-13-7-8-18-33(29)43(32)37-22-12-24-39(47(37)41)49(44)50/h1-8,10-18,20-28H,9,19H2. The number of benzene rings is 9. The van der Waals surface area contributed by atoms with Crippen molar-refractivity contribution in [3.63, 3.8) is 0 Å². The third kappa shape index (κ3) is 3.31. The van der Waals surface area contributed by atoms with Crippen LogP contribution < -0.4 is 0 Å². The van der Waals surface area contributed by atoms with Crippen LogP contribution in [0.4, 0.5) is 0 Å². The van der Waals surface area contributed by atoms with E-state index in [1.807, 2.05) is 0 Å². The van der Waals surface area contributed by atoms with Crippen molar-refractivity contribution in [2.75, 3.05) is 0 Å². The van der Waals surface area contributed by atoms with Crippen LogP contribution in [0.1, 0.15) is 17.5 Å². The lowest BCUT2D eigenvalue weighted by atomic mass is 9.83. The molecule has 50 heavy (non-hydrogen) atoms. The molecule has 1 aliphatic rings. The second-order valence-corrected chi connectivity index (χ2v) is 14.2. The number of aryl methyl sites for hydroxylation is 1. The Labute approximate surface area is 289 Å². The topological polar surface area (TPSA) is 0 Å². The van der Waals surface area contributed by atoms with Crippen LogP contribution in [0.15, 0.2) is 152 Å². The highest BCUT2D eigenvalue weighted by molar-refractivity contribution is 6.45. The Hall–Kier alpha value is -6.24. The van der Waals surface area contributed by atoms with Crippen LogP contribution in [0.5, 0.6) is 0 Å². The third-order valence-corrected chi connectivity index (χ3v) is 11.7. The molecule has 0 saturated carbocycles. The van der Waals surface area contributed by atoms with E-state index < -0.39 is 0 Å². The average molecular weight is 631 g/mol. The summed E-state index contributed by atoms with van der Waals surface area (Å²) in [7, 11) is 0. The number of hydrogen-bond acceptors (Lipinski definition) is 0.